The van der Waals surface area contributed by atoms with Gasteiger partial charge in [0.25, 0.3) is 0 Å². The molecule has 0 aromatic heterocycles. The maximum atomic E-state index is 6.42. The molecule has 4 rings (SSSR count). The Labute approximate surface area is 167 Å². The number of fused-ring (bicyclic) bond motifs is 3. The van der Waals surface area contributed by atoms with Crippen LogP contribution in [0.15, 0.2) is 78.4 Å². The molecular formula is C26H27NO. The lowest BCUT2D eigenvalue weighted by molar-refractivity contribution is 0.270. The van der Waals surface area contributed by atoms with Crippen LogP contribution in [0.3, 0.4) is 0 Å². The minimum absolute atomic E-state index is 0.205. The molecule has 1 atom stereocenters. The zero-order chi connectivity index (χ0) is 19.3. The van der Waals surface area contributed by atoms with Gasteiger partial charge in [0.05, 0.1) is 0 Å². The van der Waals surface area contributed by atoms with E-state index in [1.165, 1.54) is 29.5 Å². The fraction of sp³-hybridized carbons (Fsp3) is 0.231. The molecule has 2 heteroatoms. The molecule has 1 heterocycles. The summed E-state index contributed by atoms with van der Waals surface area (Å²) in [5, 5.41) is 3.65. The molecule has 2 nitrogen and oxygen atoms in total. The first-order valence-electron chi connectivity index (χ1n) is 10.1. The second kappa shape index (κ2) is 8.35. The molecule has 0 amide bonds. The fourth-order valence-corrected chi connectivity index (χ4v) is 3.67. The maximum absolute atomic E-state index is 6.42. The number of benzene rings is 3. The van der Waals surface area contributed by atoms with E-state index in [9.17, 15) is 0 Å². The Balaban J connectivity index is 1.73. The lowest BCUT2D eigenvalue weighted by Gasteiger charge is -2.21. The van der Waals surface area contributed by atoms with Crippen LogP contribution in [0.1, 0.15) is 37.8 Å². The molecule has 3 aromatic carbocycles. The molecule has 0 radical (unpaired) electrons. The SMILES string of the molecule is CCCCc1ccc2c(c1)NC(/C(C)=C/c1ccccc1)Oc1ccccc1-2. The minimum Gasteiger partial charge on any atom is -0.466 e. The molecule has 0 bridgehead atoms. The highest BCUT2D eigenvalue weighted by molar-refractivity contribution is 5.83. The number of ether oxygens (including phenoxy) is 1. The molecule has 1 unspecified atom stereocenters. The molecule has 0 saturated heterocycles. The Bertz CT molecular complexity index is 975. The van der Waals surface area contributed by atoms with Crippen molar-refractivity contribution in [3.8, 4) is 16.9 Å². The Morgan fingerprint density at radius 3 is 2.57 bits per heavy atom. The van der Waals surface area contributed by atoms with E-state index in [4.69, 9.17) is 4.74 Å². The summed E-state index contributed by atoms with van der Waals surface area (Å²) in [6.07, 6.45) is 5.51. The van der Waals surface area contributed by atoms with Crippen molar-refractivity contribution in [3.63, 3.8) is 0 Å². The second-order valence-electron chi connectivity index (χ2n) is 7.42. The predicted molar refractivity (Wildman–Crippen MR) is 119 cm³/mol. The lowest BCUT2D eigenvalue weighted by Crippen LogP contribution is -2.26. The van der Waals surface area contributed by atoms with E-state index < -0.39 is 0 Å². The summed E-state index contributed by atoms with van der Waals surface area (Å²) in [6.45, 7) is 4.36. The average Bonchev–Trinajstić information content (AvgIpc) is 2.89. The van der Waals surface area contributed by atoms with Gasteiger partial charge in [0, 0.05) is 16.8 Å². The number of hydrogen-bond acceptors (Lipinski definition) is 2. The van der Waals surface area contributed by atoms with Crippen LogP contribution < -0.4 is 10.1 Å². The number of unbranched alkanes of at least 4 members (excludes halogenated alkanes) is 1. The molecule has 1 N–H and O–H groups in total. The van der Waals surface area contributed by atoms with Gasteiger partial charge in [0.2, 0.25) is 0 Å². The minimum atomic E-state index is -0.205. The first kappa shape index (κ1) is 18.4. The van der Waals surface area contributed by atoms with E-state index >= 15 is 0 Å². The molecule has 142 valence electrons. The number of rotatable bonds is 5. The first-order valence-corrected chi connectivity index (χ1v) is 10.1. The number of para-hydroxylation sites is 1. The summed E-state index contributed by atoms with van der Waals surface area (Å²) in [7, 11) is 0. The summed E-state index contributed by atoms with van der Waals surface area (Å²) < 4.78 is 6.42. The van der Waals surface area contributed by atoms with Crippen LogP contribution in [0.25, 0.3) is 17.2 Å². The van der Waals surface area contributed by atoms with Crippen molar-refractivity contribution in [2.24, 2.45) is 0 Å². The van der Waals surface area contributed by atoms with Crippen LogP contribution in [-0.2, 0) is 6.42 Å². The number of anilines is 1. The van der Waals surface area contributed by atoms with Crippen molar-refractivity contribution < 1.29 is 4.74 Å². The van der Waals surface area contributed by atoms with Gasteiger partial charge in [-0.25, -0.2) is 0 Å². The summed E-state index contributed by atoms with van der Waals surface area (Å²) in [5.41, 5.74) is 7.18. The summed E-state index contributed by atoms with van der Waals surface area (Å²) >= 11 is 0. The molecule has 3 aromatic rings. The van der Waals surface area contributed by atoms with Crippen LogP contribution in [0.5, 0.6) is 5.75 Å². The highest BCUT2D eigenvalue weighted by Crippen LogP contribution is 2.40. The van der Waals surface area contributed by atoms with Gasteiger partial charge in [0.15, 0.2) is 6.23 Å². The summed E-state index contributed by atoms with van der Waals surface area (Å²) in [4.78, 5) is 0. The lowest BCUT2D eigenvalue weighted by atomic mass is 9.99. The third kappa shape index (κ3) is 3.96. The van der Waals surface area contributed by atoms with Crippen LogP contribution >= 0.6 is 0 Å². The third-order valence-electron chi connectivity index (χ3n) is 5.22. The third-order valence-corrected chi connectivity index (χ3v) is 5.22. The van der Waals surface area contributed by atoms with Gasteiger partial charge in [-0.15, -0.1) is 0 Å². The Kier molecular flexibility index (Phi) is 5.48. The van der Waals surface area contributed by atoms with E-state index in [1.807, 2.05) is 12.1 Å². The van der Waals surface area contributed by atoms with Gasteiger partial charge in [-0.3, -0.25) is 0 Å². The van der Waals surface area contributed by atoms with Crippen LogP contribution in [-0.4, -0.2) is 6.23 Å². The van der Waals surface area contributed by atoms with E-state index in [0.29, 0.717) is 0 Å². The highest BCUT2D eigenvalue weighted by Gasteiger charge is 2.22. The summed E-state index contributed by atoms with van der Waals surface area (Å²) in [6, 6.07) is 25.5. The van der Waals surface area contributed by atoms with Gasteiger partial charge >= 0.3 is 0 Å². The van der Waals surface area contributed by atoms with Gasteiger partial charge in [-0.1, -0.05) is 80.1 Å². The highest BCUT2D eigenvalue weighted by atomic mass is 16.5. The van der Waals surface area contributed by atoms with Crippen molar-refractivity contribution in [1.29, 1.82) is 0 Å². The van der Waals surface area contributed by atoms with Crippen molar-refractivity contribution in [2.75, 3.05) is 5.32 Å². The molecule has 0 aliphatic carbocycles. The number of nitrogens with one attached hydrogen (secondary N) is 1. The van der Waals surface area contributed by atoms with Gasteiger partial charge in [-0.2, -0.15) is 0 Å². The maximum Gasteiger partial charge on any atom is 0.192 e. The number of aryl methyl sites for hydroxylation is 1. The Morgan fingerprint density at radius 2 is 1.75 bits per heavy atom. The van der Waals surface area contributed by atoms with Crippen LogP contribution in [0.2, 0.25) is 0 Å². The van der Waals surface area contributed by atoms with Gasteiger partial charge in [-0.05, 0) is 48.6 Å². The van der Waals surface area contributed by atoms with E-state index in [1.54, 1.807) is 0 Å². The summed E-state index contributed by atoms with van der Waals surface area (Å²) in [5.74, 6) is 0.917. The largest absolute Gasteiger partial charge is 0.466 e. The van der Waals surface area contributed by atoms with E-state index in [0.717, 1.165) is 29.0 Å². The monoisotopic (exact) mass is 369 g/mol. The fourth-order valence-electron chi connectivity index (χ4n) is 3.67. The Morgan fingerprint density at radius 1 is 0.964 bits per heavy atom. The standard InChI is InChI=1S/C26H27NO/c1-3-4-10-21-15-16-22-23-13-8-9-14-25(23)28-26(27-24(22)18-21)19(2)17-20-11-6-5-7-12-20/h5-9,11-18,26-27H,3-4,10H2,1-2H3/b19-17+. The molecule has 1 aliphatic rings. The topological polar surface area (TPSA) is 21.3 Å². The molecule has 28 heavy (non-hydrogen) atoms. The van der Waals surface area contributed by atoms with Crippen molar-refractivity contribution in [1.82, 2.24) is 0 Å². The zero-order valence-electron chi connectivity index (χ0n) is 16.6. The van der Waals surface area contributed by atoms with Gasteiger partial charge < -0.3 is 10.1 Å². The van der Waals surface area contributed by atoms with E-state index in [-0.39, 0.29) is 6.23 Å². The van der Waals surface area contributed by atoms with Crippen molar-refractivity contribution >= 4 is 11.8 Å². The molecule has 0 saturated carbocycles. The van der Waals surface area contributed by atoms with E-state index in [2.05, 4.69) is 85.9 Å². The van der Waals surface area contributed by atoms with Crippen LogP contribution in [0.4, 0.5) is 5.69 Å². The number of hydrogen-bond donors (Lipinski definition) is 1. The molecular weight excluding hydrogens is 342 g/mol. The zero-order valence-corrected chi connectivity index (χ0v) is 16.6. The Hall–Kier alpha value is -3.00. The molecule has 0 spiro atoms. The van der Waals surface area contributed by atoms with Gasteiger partial charge in [0.1, 0.15) is 5.75 Å². The molecule has 1 aliphatic heterocycles. The normalized spacial score (nSPS) is 15.6. The smallest absolute Gasteiger partial charge is 0.192 e. The van der Waals surface area contributed by atoms with Crippen LogP contribution in [0, 0.1) is 0 Å². The average molecular weight is 370 g/mol. The quantitative estimate of drug-likeness (QED) is 0.526. The first-order chi connectivity index (χ1) is 13.7. The van der Waals surface area contributed by atoms with Crippen molar-refractivity contribution in [2.45, 2.75) is 39.3 Å². The molecule has 0 fully saturated rings. The van der Waals surface area contributed by atoms with Crippen molar-refractivity contribution in [3.05, 3.63) is 89.5 Å². The second-order valence-corrected chi connectivity index (χ2v) is 7.42. The predicted octanol–water partition coefficient (Wildman–Crippen LogP) is 6.93.